The topological polar surface area (TPSA) is 101 Å². The van der Waals surface area contributed by atoms with E-state index in [0.29, 0.717) is 6.07 Å². The smallest absolute Gasteiger partial charge is 0.263 e. The number of sulfonamides is 1. The summed E-state index contributed by atoms with van der Waals surface area (Å²) in [4.78, 5) is 12.0. The zero-order chi connectivity index (χ0) is 20.3. The highest BCUT2D eigenvalue weighted by molar-refractivity contribution is 7.92. The van der Waals surface area contributed by atoms with E-state index in [0.717, 1.165) is 12.1 Å². The Morgan fingerprint density at radius 1 is 0.964 bits per heavy atom. The largest absolute Gasteiger partial charge is 0.322 e. The summed E-state index contributed by atoms with van der Waals surface area (Å²) in [6, 6.07) is 10.4. The van der Waals surface area contributed by atoms with Crippen LogP contribution >= 0.6 is 11.6 Å². The number of carbonyl (C=O) groups excluding carboxylic acids is 1. The third kappa shape index (κ3) is 4.59. The van der Waals surface area contributed by atoms with E-state index in [2.05, 4.69) is 20.2 Å². The standard InChI is InChI=1S/C17H11ClF2N4O3S/c18-15-7-8-16(23-22-15)24-28(26,27)12-4-2-11(3-5-12)21-17(25)13-6-1-10(19)9-14(13)20/h1-9H,(H,21,25)(H,23,24). The first-order chi connectivity index (χ1) is 13.2. The number of benzene rings is 2. The molecule has 0 radical (unpaired) electrons. The van der Waals surface area contributed by atoms with Crippen molar-refractivity contribution in [3.8, 4) is 0 Å². The number of halogens is 3. The van der Waals surface area contributed by atoms with Crippen LogP contribution in [-0.4, -0.2) is 24.5 Å². The van der Waals surface area contributed by atoms with Gasteiger partial charge in [0, 0.05) is 11.8 Å². The first-order valence-electron chi connectivity index (χ1n) is 7.63. The highest BCUT2D eigenvalue weighted by Crippen LogP contribution is 2.19. The molecule has 0 aliphatic heterocycles. The number of nitrogens with one attached hydrogen (secondary N) is 2. The predicted molar refractivity (Wildman–Crippen MR) is 98.6 cm³/mol. The van der Waals surface area contributed by atoms with Crippen LogP contribution in [0.25, 0.3) is 0 Å². The van der Waals surface area contributed by atoms with Crippen LogP contribution in [0.1, 0.15) is 10.4 Å². The second-order valence-corrected chi connectivity index (χ2v) is 7.52. The molecule has 0 aliphatic rings. The number of hydrogen-bond donors (Lipinski definition) is 2. The van der Waals surface area contributed by atoms with Gasteiger partial charge in [-0.1, -0.05) is 11.6 Å². The molecular formula is C17H11ClF2N4O3S. The number of aromatic nitrogens is 2. The Kier molecular flexibility index (Phi) is 5.52. The normalized spacial score (nSPS) is 11.1. The first kappa shape index (κ1) is 19.6. The Labute approximate surface area is 163 Å². The van der Waals surface area contributed by atoms with E-state index in [1.165, 1.54) is 36.4 Å². The first-order valence-corrected chi connectivity index (χ1v) is 9.49. The third-order valence-electron chi connectivity index (χ3n) is 3.47. The molecule has 0 unspecified atom stereocenters. The maximum atomic E-state index is 13.6. The lowest BCUT2D eigenvalue weighted by Crippen LogP contribution is -2.15. The summed E-state index contributed by atoms with van der Waals surface area (Å²) in [5.41, 5.74) is -0.125. The maximum absolute atomic E-state index is 13.6. The van der Waals surface area contributed by atoms with Gasteiger partial charge in [-0.3, -0.25) is 9.52 Å². The van der Waals surface area contributed by atoms with Crippen molar-refractivity contribution in [2.45, 2.75) is 4.90 Å². The van der Waals surface area contributed by atoms with Crippen LogP contribution in [0.4, 0.5) is 20.3 Å². The van der Waals surface area contributed by atoms with Crippen LogP contribution in [0.3, 0.4) is 0 Å². The van der Waals surface area contributed by atoms with E-state index in [1.807, 2.05) is 0 Å². The molecular weight excluding hydrogens is 414 g/mol. The van der Waals surface area contributed by atoms with Gasteiger partial charge in [-0.05, 0) is 48.5 Å². The van der Waals surface area contributed by atoms with Crippen LogP contribution < -0.4 is 10.0 Å². The number of amides is 1. The van der Waals surface area contributed by atoms with Crippen LogP contribution in [0, 0.1) is 11.6 Å². The number of carbonyl (C=O) groups is 1. The Balaban J connectivity index is 1.73. The Morgan fingerprint density at radius 3 is 2.29 bits per heavy atom. The van der Waals surface area contributed by atoms with E-state index >= 15 is 0 Å². The molecule has 0 aliphatic carbocycles. The van der Waals surface area contributed by atoms with Crippen LogP contribution in [0.15, 0.2) is 59.5 Å². The van der Waals surface area contributed by atoms with Crippen LogP contribution in [-0.2, 0) is 10.0 Å². The number of nitrogens with zero attached hydrogens (tertiary/aromatic N) is 2. The van der Waals surface area contributed by atoms with Gasteiger partial charge in [0.2, 0.25) is 0 Å². The summed E-state index contributed by atoms with van der Waals surface area (Å²) >= 11 is 5.59. The fraction of sp³-hybridized carbons (Fsp3) is 0. The quantitative estimate of drug-likeness (QED) is 0.653. The van der Waals surface area contributed by atoms with Crippen molar-refractivity contribution in [2.75, 3.05) is 10.0 Å². The molecule has 0 atom stereocenters. The summed E-state index contributed by atoms with van der Waals surface area (Å²) in [5.74, 6) is -2.64. The number of rotatable bonds is 5. The molecule has 3 rings (SSSR count). The molecule has 11 heteroatoms. The summed E-state index contributed by atoms with van der Waals surface area (Å²) < 4.78 is 53.5. The summed E-state index contributed by atoms with van der Waals surface area (Å²) in [7, 11) is -3.95. The summed E-state index contributed by atoms with van der Waals surface area (Å²) in [6.45, 7) is 0. The average molecular weight is 425 g/mol. The molecule has 0 saturated carbocycles. The van der Waals surface area contributed by atoms with E-state index in [1.54, 1.807) is 0 Å². The highest BCUT2D eigenvalue weighted by atomic mass is 35.5. The predicted octanol–water partition coefficient (Wildman–Crippen LogP) is 3.46. The molecule has 0 bridgehead atoms. The van der Waals surface area contributed by atoms with Gasteiger partial charge in [-0.25, -0.2) is 17.2 Å². The van der Waals surface area contributed by atoms with Crippen LogP contribution in [0.2, 0.25) is 5.15 Å². The van der Waals surface area contributed by atoms with Crippen molar-refractivity contribution >= 4 is 39.0 Å². The molecule has 2 N–H and O–H groups in total. The Bertz CT molecular complexity index is 1120. The summed E-state index contributed by atoms with van der Waals surface area (Å²) in [6.07, 6.45) is 0. The van der Waals surface area contributed by atoms with E-state index in [9.17, 15) is 22.0 Å². The minimum absolute atomic E-state index is 0.0198. The van der Waals surface area contributed by atoms with Crippen LogP contribution in [0.5, 0.6) is 0 Å². The fourth-order valence-corrected chi connectivity index (χ4v) is 3.25. The molecule has 1 amide bonds. The molecule has 144 valence electrons. The van der Waals surface area contributed by atoms with Gasteiger partial charge in [0.1, 0.15) is 11.6 Å². The van der Waals surface area contributed by atoms with Crippen molar-refractivity contribution in [2.24, 2.45) is 0 Å². The fourth-order valence-electron chi connectivity index (χ4n) is 2.16. The number of anilines is 2. The summed E-state index contributed by atoms with van der Waals surface area (Å²) in [5, 5.41) is 9.65. The van der Waals surface area contributed by atoms with E-state index < -0.39 is 27.6 Å². The van der Waals surface area contributed by atoms with E-state index in [-0.39, 0.29) is 27.1 Å². The monoisotopic (exact) mass is 424 g/mol. The zero-order valence-corrected chi connectivity index (χ0v) is 15.4. The van der Waals surface area contributed by atoms with E-state index in [4.69, 9.17) is 11.6 Å². The van der Waals surface area contributed by atoms with Gasteiger partial charge in [0.05, 0.1) is 10.5 Å². The van der Waals surface area contributed by atoms with Gasteiger partial charge >= 0.3 is 0 Å². The maximum Gasteiger partial charge on any atom is 0.263 e. The third-order valence-corrected chi connectivity index (χ3v) is 5.04. The van der Waals surface area contributed by atoms with Crippen molar-refractivity contribution in [1.82, 2.24) is 10.2 Å². The lowest BCUT2D eigenvalue weighted by molar-refractivity contribution is 0.102. The van der Waals surface area contributed by atoms with Gasteiger partial charge < -0.3 is 5.32 Å². The van der Waals surface area contributed by atoms with Crippen molar-refractivity contribution in [1.29, 1.82) is 0 Å². The molecule has 0 fully saturated rings. The Morgan fingerprint density at radius 2 is 1.68 bits per heavy atom. The second kappa shape index (κ2) is 7.87. The minimum Gasteiger partial charge on any atom is -0.322 e. The lowest BCUT2D eigenvalue weighted by atomic mass is 10.2. The molecule has 2 aromatic carbocycles. The van der Waals surface area contributed by atoms with Gasteiger partial charge in [0.25, 0.3) is 15.9 Å². The lowest BCUT2D eigenvalue weighted by Gasteiger charge is -2.09. The molecule has 1 aromatic heterocycles. The minimum atomic E-state index is -3.95. The van der Waals surface area contributed by atoms with Crippen molar-refractivity contribution in [3.63, 3.8) is 0 Å². The van der Waals surface area contributed by atoms with Crippen molar-refractivity contribution in [3.05, 3.63) is 76.9 Å². The molecule has 0 spiro atoms. The highest BCUT2D eigenvalue weighted by Gasteiger charge is 2.16. The van der Waals surface area contributed by atoms with Gasteiger partial charge in [-0.15, -0.1) is 10.2 Å². The second-order valence-electron chi connectivity index (χ2n) is 5.45. The SMILES string of the molecule is O=C(Nc1ccc(S(=O)(=O)Nc2ccc(Cl)nn2)cc1)c1ccc(F)cc1F. The average Bonchev–Trinajstić information content (AvgIpc) is 2.64. The molecule has 7 nitrogen and oxygen atoms in total. The van der Waals surface area contributed by atoms with Crippen molar-refractivity contribution < 1.29 is 22.0 Å². The molecule has 3 aromatic rings. The Hall–Kier alpha value is -3.11. The molecule has 0 saturated heterocycles. The molecule has 28 heavy (non-hydrogen) atoms. The van der Waals surface area contributed by atoms with Gasteiger partial charge in [0.15, 0.2) is 11.0 Å². The number of hydrogen-bond acceptors (Lipinski definition) is 5. The molecule has 1 heterocycles. The zero-order valence-electron chi connectivity index (χ0n) is 13.9. The van der Waals surface area contributed by atoms with Gasteiger partial charge in [-0.2, -0.15) is 0 Å².